The van der Waals surface area contributed by atoms with Crippen LogP contribution in [0.2, 0.25) is 0 Å². The first kappa shape index (κ1) is 16.9. The molecule has 24 heavy (non-hydrogen) atoms. The fourth-order valence-electron chi connectivity index (χ4n) is 3.78. The molecule has 1 aromatic carbocycles. The number of carboxylic acids is 1. The van der Waals surface area contributed by atoms with E-state index >= 15 is 0 Å². The van der Waals surface area contributed by atoms with Crippen molar-refractivity contribution in [1.29, 1.82) is 0 Å². The molecule has 1 amide bonds. The van der Waals surface area contributed by atoms with Gasteiger partial charge < -0.3 is 14.7 Å². The first-order valence-electron chi connectivity index (χ1n) is 8.38. The molecule has 2 heterocycles. The normalized spacial score (nSPS) is 25.0. The molecule has 6 heteroatoms. The Kier molecular flexibility index (Phi) is 4.85. The highest BCUT2D eigenvalue weighted by atomic mass is 19.1. The number of piperidine rings is 1. The van der Waals surface area contributed by atoms with E-state index in [0.29, 0.717) is 50.1 Å². The highest BCUT2D eigenvalue weighted by Crippen LogP contribution is 2.33. The molecule has 2 aliphatic heterocycles. The van der Waals surface area contributed by atoms with Crippen molar-refractivity contribution in [3.05, 3.63) is 35.1 Å². The topological polar surface area (TPSA) is 66.8 Å². The average Bonchev–Trinajstić information content (AvgIpc) is 3.07. The van der Waals surface area contributed by atoms with E-state index in [-0.39, 0.29) is 23.7 Å². The van der Waals surface area contributed by atoms with Gasteiger partial charge in [0.1, 0.15) is 5.82 Å². The Morgan fingerprint density at radius 1 is 1.25 bits per heavy atom. The van der Waals surface area contributed by atoms with Crippen molar-refractivity contribution < 1.29 is 23.8 Å². The van der Waals surface area contributed by atoms with Crippen LogP contribution < -0.4 is 0 Å². The van der Waals surface area contributed by atoms with Gasteiger partial charge in [0.2, 0.25) is 0 Å². The highest BCUT2D eigenvalue weighted by molar-refractivity contribution is 5.95. The molecular formula is C18H22FNO4. The molecule has 0 radical (unpaired) electrons. The van der Waals surface area contributed by atoms with Crippen LogP contribution in [0.5, 0.6) is 0 Å². The Morgan fingerprint density at radius 3 is 2.62 bits per heavy atom. The van der Waals surface area contributed by atoms with Crippen LogP contribution in [-0.4, -0.2) is 47.7 Å². The number of aliphatic carboxylic acids is 1. The number of hydrogen-bond acceptors (Lipinski definition) is 3. The second kappa shape index (κ2) is 6.89. The van der Waals surface area contributed by atoms with E-state index in [2.05, 4.69) is 0 Å². The molecule has 5 nitrogen and oxygen atoms in total. The number of benzene rings is 1. The largest absolute Gasteiger partial charge is 0.481 e. The Balaban J connectivity index is 1.64. The smallest absolute Gasteiger partial charge is 0.309 e. The second-order valence-electron chi connectivity index (χ2n) is 6.61. The van der Waals surface area contributed by atoms with E-state index in [1.165, 1.54) is 6.07 Å². The van der Waals surface area contributed by atoms with E-state index in [0.717, 1.165) is 0 Å². The number of amides is 1. The van der Waals surface area contributed by atoms with Crippen molar-refractivity contribution in [3.8, 4) is 0 Å². The maximum absolute atomic E-state index is 13.6. The van der Waals surface area contributed by atoms with Crippen LogP contribution in [-0.2, 0) is 9.53 Å². The summed E-state index contributed by atoms with van der Waals surface area (Å²) in [6.07, 6.45) is 1.74. The van der Waals surface area contributed by atoms with Crippen molar-refractivity contribution >= 4 is 11.9 Å². The number of likely N-dealkylation sites (tertiary alicyclic amines) is 1. The van der Waals surface area contributed by atoms with Crippen molar-refractivity contribution in [2.75, 3.05) is 19.7 Å². The van der Waals surface area contributed by atoms with Crippen LogP contribution in [0.15, 0.2) is 18.2 Å². The van der Waals surface area contributed by atoms with Gasteiger partial charge in [-0.1, -0.05) is 6.07 Å². The van der Waals surface area contributed by atoms with Crippen LogP contribution in [0.3, 0.4) is 0 Å². The third kappa shape index (κ3) is 3.15. The standard InChI is InChI=1S/C18H22FNO4/c1-11-13(3-2-4-15(11)19)17(21)20-8-5-12(6-9-20)16-14(18(22)23)7-10-24-16/h2-4,12,14,16H,5-10H2,1H3,(H,22,23)/t14?,16-/m0/s1. The molecule has 1 aromatic rings. The van der Waals surface area contributed by atoms with Crippen LogP contribution in [0.4, 0.5) is 4.39 Å². The van der Waals surface area contributed by atoms with Gasteiger partial charge in [-0.25, -0.2) is 4.39 Å². The summed E-state index contributed by atoms with van der Waals surface area (Å²) >= 11 is 0. The van der Waals surface area contributed by atoms with E-state index in [9.17, 15) is 19.1 Å². The number of hydrogen-bond donors (Lipinski definition) is 1. The Morgan fingerprint density at radius 2 is 1.96 bits per heavy atom. The monoisotopic (exact) mass is 335 g/mol. The maximum atomic E-state index is 13.6. The molecule has 0 aliphatic carbocycles. The van der Waals surface area contributed by atoms with E-state index in [1.807, 2.05) is 0 Å². The zero-order chi connectivity index (χ0) is 17.3. The van der Waals surface area contributed by atoms with Gasteiger partial charge >= 0.3 is 5.97 Å². The molecular weight excluding hydrogens is 313 g/mol. The minimum Gasteiger partial charge on any atom is -0.481 e. The van der Waals surface area contributed by atoms with Gasteiger partial charge in [-0.05, 0) is 49.8 Å². The first-order chi connectivity index (χ1) is 11.5. The van der Waals surface area contributed by atoms with Crippen molar-refractivity contribution in [2.45, 2.75) is 32.3 Å². The summed E-state index contributed by atoms with van der Waals surface area (Å²) in [4.78, 5) is 25.6. The summed E-state index contributed by atoms with van der Waals surface area (Å²) in [6, 6.07) is 4.54. The molecule has 130 valence electrons. The molecule has 0 bridgehead atoms. The van der Waals surface area contributed by atoms with Crippen LogP contribution in [0.1, 0.15) is 35.2 Å². The number of carboxylic acid groups (broad SMARTS) is 1. The van der Waals surface area contributed by atoms with Crippen molar-refractivity contribution in [1.82, 2.24) is 4.90 Å². The lowest BCUT2D eigenvalue weighted by Gasteiger charge is -2.35. The van der Waals surface area contributed by atoms with Gasteiger partial charge in [0.15, 0.2) is 0 Å². The molecule has 0 saturated carbocycles. The Bertz CT molecular complexity index is 640. The van der Waals surface area contributed by atoms with Gasteiger partial charge in [0, 0.05) is 25.3 Å². The van der Waals surface area contributed by atoms with Crippen LogP contribution in [0.25, 0.3) is 0 Å². The predicted molar refractivity (Wildman–Crippen MR) is 85.2 cm³/mol. The molecule has 1 unspecified atom stereocenters. The third-order valence-electron chi connectivity index (χ3n) is 5.24. The molecule has 2 saturated heterocycles. The number of rotatable bonds is 3. The summed E-state index contributed by atoms with van der Waals surface area (Å²) < 4.78 is 19.3. The number of halogens is 1. The average molecular weight is 335 g/mol. The lowest BCUT2D eigenvalue weighted by Crippen LogP contribution is -2.43. The lowest BCUT2D eigenvalue weighted by atomic mass is 9.84. The molecule has 3 rings (SSSR count). The van der Waals surface area contributed by atoms with Crippen LogP contribution >= 0.6 is 0 Å². The molecule has 1 N–H and O–H groups in total. The molecule has 0 spiro atoms. The molecule has 2 fully saturated rings. The number of carbonyl (C=O) groups excluding carboxylic acids is 1. The lowest BCUT2D eigenvalue weighted by molar-refractivity contribution is -0.145. The predicted octanol–water partition coefficient (Wildman–Crippen LogP) is 2.48. The summed E-state index contributed by atoms with van der Waals surface area (Å²) in [5.41, 5.74) is 0.767. The van der Waals surface area contributed by atoms with Gasteiger partial charge in [-0.2, -0.15) is 0 Å². The minimum absolute atomic E-state index is 0.159. The van der Waals surface area contributed by atoms with Crippen molar-refractivity contribution in [3.63, 3.8) is 0 Å². The Hall–Kier alpha value is -1.95. The summed E-state index contributed by atoms with van der Waals surface area (Å²) in [7, 11) is 0. The van der Waals surface area contributed by atoms with Crippen LogP contribution in [0, 0.1) is 24.6 Å². The summed E-state index contributed by atoms with van der Waals surface area (Å²) in [6.45, 7) is 3.19. The molecule has 0 aromatic heterocycles. The zero-order valence-electron chi connectivity index (χ0n) is 13.7. The van der Waals surface area contributed by atoms with Gasteiger partial charge in [0.25, 0.3) is 5.91 Å². The Labute approximate surface area is 140 Å². The maximum Gasteiger partial charge on any atom is 0.309 e. The van der Waals surface area contributed by atoms with Gasteiger partial charge in [-0.3, -0.25) is 9.59 Å². The zero-order valence-corrected chi connectivity index (χ0v) is 13.7. The highest BCUT2D eigenvalue weighted by Gasteiger charge is 2.40. The second-order valence-corrected chi connectivity index (χ2v) is 6.61. The first-order valence-corrected chi connectivity index (χ1v) is 8.38. The van der Waals surface area contributed by atoms with Gasteiger partial charge in [-0.15, -0.1) is 0 Å². The fourth-order valence-corrected chi connectivity index (χ4v) is 3.78. The SMILES string of the molecule is Cc1c(F)cccc1C(=O)N1CCC([C@@H]2OCCC2C(=O)O)CC1. The fraction of sp³-hybridized carbons (Fsp3) is 0.556. The van der Waals surface area contributed by atoms with E-state index < -0.39 is 11.9 Å². The summed E-state index contributed by atoms with van der Waals surface area (Å²) in [5, 5.41) is 9.28. The third-order valence-corrected chi connectivity index (χ3v) is 5.24. The summed E-state index contributed by atoms with van der Waals surface area (Å²) in [5.74, 6) is -1.62. The molecule has 2 aliphatic rings. The molecule has 2 atom stereocenters. The van der Waals surface area contributed by atoms with E-state index in [4.69, 9.17) is 4.74 Å². The quantitative estimate of drug-likeness (QED) is 0.921. The van der Waals surface area contributed by atoms with Crippen molar-refractivity contribution in [2.24, 2.45) is 11.8 Å². The van der Waals surface area contributed by atoms with Gasteiger partial charge in [0.05, 0.1) is 12.0 Å². The number of nitrogens with zero attached hydrogens (tertiary/aromatic N) is 1. The number of carbonyl (C=O) groups is 2. The number of ether oxygens (including phenoxy) is 1. The minimum atomic E-state index is -0.800. The van der Waals surface area contributed by atoms with E-state index in [1.54, 1.807) is 24.0 Å².